The molecule has 0 saturated heterocycles. The molecule has 0 aliphatic carbocycles. The molecule has 2 aromatic carbocycles. The lowest BCUT2D eigenvalue weighted by Crippen LogP contribution is -2.17. The Morgan fingerprint density at radius 3 is 1.78 bits per heavy atom. The number of fused-ring (bicyclic) bond motifs is 1. The van der Waals surface area contributed by atoms with Crippen LogP contribution in [-0.2, 0) is 5.41 Å². The third-order valence-corrected chi connectivity index (χ3v) is 5.26. The molecule has 0 fully saturated rings. The molecule has 8 nitrogen and oxygen atoms in total. The summed E-state index contributed by atoms with van der Waals surface area (Å²) in [5.41, 5.74) is 3.74. The van der Waals surface area contributed by atoms with Gasteiger partial charge in [-0.1, -0.05) is 32.6 Å². The molecule has 0 spiro atoms. The van der Waals surface area contributed by atoms with E-state index in [2.05, 4.69) is 54.6 Å². The van der Waals surface area contributed by atoms with E-state index >= 15 is 0 Å². The van der Waals surface area contributed by atoms with Crippen molar-refractivity contribution in [3.05, 3.63) is 112 Å². The topological polar surface area (TPSA) is 107 Å². The second-order valence-corrected chi connectivity index (χ2v) is 9.46. The molecule has 3 aromatic heterocycles. The number of rotatable bonds is 1. The van der Waals surface area contributed by atoms with Crippen LogP contribution < -0.4 is 11.3 Å². The number of nitrogens with two attached hydrogens (primary N) is 1. The van der Waals surface area contributed by atoms with E-state index in [0.717, 1.165) is 18.2 Å². The first kappa shape index (κ1) is 28.7. The van der Waals surface area contributed by atoms with E-state index in [1.54, 1.807) is 28.8 Å². The van der Waals surface area contributed by atoms with Crippen LogP contribution in [0.5, 0.6) is 0 Å². The molecule has 206 valence electrons. The molecule has 0 aliphatic rings. The van der Waals surface area contributed by atoms with E-state index in [9.17, 15) is 17.6 Å². The fraction of sp³-hybridized carbons (Fsp3) is 0.138. The van der Waals surface area contributed by atoms with Crippen molar-refractivity contribution in [3.63, 3.8) is 0 Å². The monoisotopic (exact) mass is 558 g/mol. The zero-order chi connectivity index (χ0) is 29.6. The third kappa shape index (κ3) is 7.41. The summed E-state index contributed by atoms with van der Waals surface area (Å²) in [7, 11) is 0. The van der Waals surface area contributed by atoms with Gasteiger partial charge in [0.2, 0.25) is 0 Å². The Morgan fingerprint density at radius 2 is 1.27 bits per heavy atom. The second-order valence-electron chi connectivity index (χ2n) is 9.46. The first-order chi connectivity index (χ1) is 19.5. The van der Waals surface area contributed by atoms with Crippen molar-refractivity contribution in [2.45, 2.75) is 26.2 Å². The molecule has 0 amide bonds. The summed E-state index contributed by atoms with van der Waals surface area (Å²) in [6.45, 7) is 6.03. The van der Waals surface area contributed by atoms with Gasteiger partial charge in [-0.25, -0.2) is 23.4 Å². The molecule has 3 heterocycles. The van der Waals surface area contributed by atoms with Gasteiger partial charge in [-0.2, -0.15) is 9.61 Å². The maximum Gasteiger partial charge on any atom is 0.178 e. The van der Waals surface area contributed by atoms with Crippen molar-refractivity contribution < 1.29 is 17.6 Å². The average molecular weight is 559 g/mol. The van der Waals surface area contributed by atoms with Gasteiger partial charge >= 0.3 is 0 Å². The molecule has 41 heavy (non-hydrogen) atoms. The largest absolute Gasteiger partial charge is 0.307 e. The normalized spacial score (nSPS) is 10.5. The number of nitrogens with one attached hydrogen (secondary N) is 1. The third-order valence-electron chi connectivity index (χ3n) is 5.26. The Labute approximate surface area is 232 Å². The summed E-state index contributed by atoms with van der Waals surface area (Å²) in [6.07, 6.45) is 0. The molecule has 0 aliphatic heterocycles. The molecule has 12 heteroatoms. The van der Waals surface area contributed by atoms with E-state index in [1.807, 2.05) is 20.8 Å². The van der Waals surface area contributed by atoms with E-state index in [-0.39, 0.29) is 16.5 Å². The molecule has 0 radical (unpaired) electrons. The molecule has 0 saturated carbocycles. The minimum absolute atomic E-state index is 0.0965. The number of hydrogen-bond acceptors (Lipinski definition) is 7. The zero-order valence-electron chi connectivity index (χ0n) is 22.0. The molecule has 0 unspecified atom stereocenters. The molecular formula is C29H22F4N8. The molecule has 0 atom stereocenters. The first-order valence-electron chi connectivity index (χ1n) is 12.0. The van der Waals surface area contributed by atoms with Gasteiger partial charge in [0.25, 0.3) is 0 Å². The summed E-state index contributed by atoms with van der Waals surface area (Å²) < 4.78 is 54.0. The Balaban J connectivity index is 0.000000195. The minimum atomic E-state index is -0.712. The van der Waals surface area contributed by atoms with Gasteiger partial charge in [-0.3, -0.25) is 0 Å². The first-order valence-corrected chi connectivity index (χ1v) is 12.0. The van der Waals surface area contributed by atoms with Crippen LogP contribution in [0.25, 0.3) is 5.65 Å². The van der Waals surface area contributed by atoms with Gasteiger partial charge in [0, 0.05) is 17.5 Å². The number of anilines is 1. The highest BCUT2D eigenvalue weighted by Crippen LogP contribution is 2.20. The van der Waals surface area contributed by atoms with Crippen LogP contribution >= 0.6 is 0 Å². The maximum atomic E-state index is 13.6. The summed E-state index contributed by atoms with van der Waals surface area (Å²) in [5.74, 6) is 14.2. The van der Waals surface area contributed by atoms with Crippen LogP contribution in [0.2, 0.25) is 0 Å². The summed E-state index contributed by atoms with van der Waals surface area (Å²) in [5, 5.41) is 20.1. The number of nitrogen functional groups attached to an aromatic ring is 1. The molecule has 3 N–H and O–H groups in total. The van der Waals surface area contributed by atoms with Crippen LogP contribution in [0.1, 0.15) is 49.1 Å². The fourth-order valence-corrected chi connectivity index (χ4v) is 3.24. The number of nitrogens with zero attached hydrogens (tertiary/aromatic N) is 6. The molecular weight excluding hydrogens is 536 g/mol. The number of benzene rings is 2. The predicted molar refractivity (Wildman–Crippen MR) is 144 cm³/mol. The second kappa shape index (κ2) is 12.2. The predicted octanol–water partition coefficient (Wildman–Crippen LogP) is 4.54. The summed E-state index contributed by atoms with van der Waals surface area (Å²) in [4.78, 5) is 0. The molecule has 5 aromatic rings. The van der Waals surface area contributed by atoms with Gasteiger partial charge in [0.1, 0.15) is 34.7 Å². The van der Waals surface area contributed by atoms with Crippen molar-refractivity contribution in [3.8, 4) is 23.7 Å². The lowest BCUT2D eigenvalue weighted by molar-refractivity contribution is 0.526. The number of hydrogen-bond donors (Lipinski definition) is 2. The summed E-state index contributed by atoms with van der Waals surface area (Å²) in [6, 6.07) is 13.0. The summed E-state index contributed by atoms with van der Waals surface area (Å²) >= 11 is 0. The van der Waals surface area contributed by atoms with Crippen LogP contribution in [0.4, 0.5) is 23.4 Å². The molecule has 5 rings (SSSR count). The van der Waals surface area contributed by atoms with E-state index in [1.165, 1.54) is 18.2 Å². The Bertz CT molecular complexity index is 1820. The highest BCUT2D eigenvalue weighted by molar-refractivity contribution is 5.45. The van der Waals surface area contributed by atoms with Crippen LogP contribution in [0, 0.1) is 47.0 Å². The Kier molecular flexibility index (Phi) is 8.56. The number of hydrazine groups is 1. The van der Waals surface area contributed by atoms with Crippen LogP contribution in [-0.4, -0.2) is 30.0 Å². The molecule has 0 bridgehead atoms. The van der Waals surface area contributed by atoms with Gasteiger partial charge in [0.05, 0.1) is 11.1 Å². The zero-order valence-corrected chi connectivity index (χ0v) is 22.0. The van der Waals surface area contributed by atoms with E-state index in [4.69, 9.17) is 5.84 Å². The van der Waals surface area contributed by atoms with Crippen molar-refractivity contribution in [2.75, 3.05) is 5.43 Å². The van der Waals surface area contributed by atoms with E-state index in [0.29, 0.717) is 28.7 Å². The van der Waals surface area contributed by atoms with Crippen molar-refractivity contribution in [1.29, 1.82) is 0 Å². The Hall–Kier alpha value is -5.33. The van der Waals surface area contributed by atoms with Gasteiger partial charge in [-0.05, 0) is 60.4 Å². The average Bonchev–Trinajstić information content (AvgIpc) is 3.37. The quantitative estimate of drug-likeness (QED) is 0.135. The highest BCUT2D eigenvalue weighted by Gasteiger charge is 2.21. The smallest absolute Gasteiger partial charge is 0.178 e. The lowest BCUT2D eigenvalue weighted by Gasteiger charge is -2.14. The van der Waals surface area contributed by atoms with Gasteiger partial charge in [0.15, 0.2) is 17.3 Å². The SMILES string of the molecule is CC(C)(C)c1nnc2ccc(C#Cc3ccc(F)cc3F)nn12.NNc1ccc(C#Cc2ccc(F)cc2F)nn1. The van der Waals surface area contributed by atoms with Gasteiger partial charge < -0.3 is 5.43 Å². The minimum Gasteiger partial charge on any atom is -0.307 e. The number of halogens is 4. The van der Waals surface area contributed by atoms with Crippen LogP contribution in [0.15, 0.2) is 60.7 Å². The van der Waals surface area contributed by atoms with E-state index < -0.39 is 23.3 Å². The van der Waals surface area contributed by atoms with Gasteiger partial charge in [-0.15, -0.1) is 20.4 Å². The maximum absolute atomic E-state index is 13.6. The Morgan fingerprint density at radius 1 is 0.683 bits per heavy atom. The highest BCUT2D eigenvalue weighted by atomic mass is 19.1. The van der Waals surface area contributed by atoms with Crippen molar-refractivity contribution >= 4 is 11.5 Å². The lowest BCUT2D eigenvalue weighted by atomic mass is 9.96. The van der Waals surface area contributed by atoms with Crippen LogP contribution in [0.3, 0.4) is 0 Å². The van der Waals surface area contributed by atoms with Crippen molar-refractivity contribution in [1.82, 2.24) is 30.0 Å². The van der Waals surface area contributed by atoms with Crippen molar-refractivity contribution in [2.24, 2.45) is 5.84 Å². The standard InChI is InChI=1S/C17H14F2N4.C12H8F2N4/c1-17(2,3)16-21-20-15-9-8-13(22-23(15)16)7-5-11-4-6-12(18)10-14(11)19;13-9-3-1-8(11(14)7-9)2-4-10-5-6-12(16-15)18-17-10/h4,6,8-10H,1-3H3;1,3,5-7H,15H2,(H,16,18). The fourth-order valence-electron chi connectivity index (χ4n) is 3.24. The number of aromatic nitrogens is 6.